The van der Waals surface area contributed by atoms with Crippen LogP contribution >= 0.6 is 0 Å². The lowest BCUT2D eigenvalue weighted by atomic mass is 10.2. The van der Waals surface area contributed by atoms with Crippen molar-refractivity contribution in [1.82, 2.24) is 20.2 Å². The summed E-state index contributed by atoms with van der Waals surface area (Å²) in [6.45, 7) is 6.44. The Labute approximate surface area is 116 Å². The first-order valence-corrected chi connectivity index (χ1v) is 7.15. The summed E-state index contributed by atoms with van der Waals surface area (Å²) in [6.07, 6.45) is 6.41. The van der Waals surface area contributed by atoms with Crippen LogP contribution < -0.4 is 10.2 Å². The van der Waals surface area contributed by atoms with E-state index in [9.17, 15) is 0 Å². The van der Waals surface area contributed by atoms with Gasteiger partial charge in [0.05, 0.1) is 0 Å². The Bertz CT molecular complexity index is 378. The van der Waals surface area contributed by atoms with Crippen molar-refractivity contribution >= 4 is 5.95 Å². The normalized spacial score (nSPS) is 19.8. The Morgan fingerprint density at radius 3 is 2.79 bits per heavy atom. The second-order valence-electron chi connectivity index (χ2n) is 5.23. The Morgan fingerprint density at radius 2 is 2.16 bits per heavy atom. The third kappa shape index (κ3) is 3.64. The molecular formula is C14H25N5. The van der Waals surface area contributed by atoms with E-state index in [4.69, 9.17) is 0 Å². The van der Waals surface area contributed by atoms with Gasteiger partial charge in [0.25, 0.3) is 0 Å². The van der Waals surface area contributed by atoms with Crippen LogP contribution in [0.2, 0.25) is 0 Å². The number of hydrogen-bond donors (Lipinski definition) is 1. The minimum Gasteiger partial charge on any atom is -0.342 e. The topological polar surface area (TPSA) is 44.3 Å². The minimum atomic E-state index is 0.649. The third-order valence-corrected chi connectivity index (χ3v) is 3.80. The van der Waals surface area contributed by atoms with E-state index in [0.717, 1.165) is 31.1 Å². The first-order chi connectivity index (χ1) is 9.24. The van der Waals surface area contributed by atoms with Crippen LogP contribution in [0.1, 0.15) is 25.3 Å². The molecule has 1 aliphatic rings. The molecule has 2 heterocycles. The quantitative estimate of drug-likeness (QED) is 0.833. The molecule has 0 spiro atoms. The molecule has 1 unspecified atom stereocenters. The lowest BCUT2D eigenvalue weighted by Crippen LogP contribution is -2.39. The van der Waals surface area contributed by atoms with Crippen molar-refractivity contribution in [3.63, 3.8) is 0 Å². The van der Waals surface area contributed by atoms with E-state index in [2.05, 4.69) is 39.1 Å². The van der Waals surface area contributed by atoms with Crippen LogP contribution in [-0.4, -0.2) is 54.6 Å². The smallest absolute Gasteiger partial charge is 0.225 e. The maximum absolute atomic E-state index is 4.45. The van der Waals surface area contributed by atoms with Crippen LogP contribution in [0.3, 0.4) is 0 Å². The minimum absolute atomic E-state index is 0.649. The molecular weight excluding hydrogens is 238 g/mol. The van der Waals surface area contributed by atoms with E-state index in [1.807, 2.05) is 19.4 Å². The van der Waals surface area contributed by atoms with E-state index in [1.54, 1.807) is 0 Å². The van der Waals surface area contributed by atoms with Crippen LogP contribution in [0.15, 0.2) is 12.4 Å². The van der Waals surface area contributed by atoms with Crippen molar-refractivity contribution in [3.8, 4) is 0 Å². The van der Waals surface area contributed by atoms with Crippen molar-refractivity contribution < 1.29 is 0 Å². The highest BCUT2D eigenvalue weighted by molar-refractivity contribution is 5.28. The molecule has 5 heteroatoms. The highest BCUT2D eigenvalue weighted by atomic mass is 15.3. The molecule has 1 fully saturated rings. The summed E-state index contributed by atoms with van der Waals surface area (Å²) < 4.78 is 0. The first kappa shape index (κ1) is 14.2. The maximum atomic E-state index is 4.45. The average molecular weight is 263 g/mol. The van der Waals surface area contributed by atoms with Gasteiger partial charge in [-0.2, -0.15) is 0 Å². The summed E-state index contributed by atoms with van der Waals surface area (Å²) in [7, 11) is 4.01. The molecule has 0 aliphatic carbocycles. The molecule has 1 saturated heterocycles. The molecule has 0 aromatic carbocycles. The maximum Gasteiger partial charge on any atom is 0.225 e. The number of hydrogen-bond acceptors (Lipinski definition) is 5. The van der Waals surface area contributed by atoms with Gasteiger partial charge in [0, 0.05) is 44.1 Å². The molecule has 1 aromatic heterocycles. The lowest BCUT2D eigenvalue weighted by molar-refractivity contribution is 0.270. The average Bonchev–Trinajstić information content (AvgIpc) is 2.87. The van der Waals surface area contributed by atoms with Gasteiger partial charge in [-0.1, -0.05) is 6.92 Å². The molecule has 1 N–H and O–H groups in total. The fourth-order valence-corrected chi connectivity index (χ4v) is 2.76. The van der Waals surface area contributed by atoms with Gasteiger partial charge in [0.2, 0.25) is 5.95 Å². The summed E-state index contributed by atoms with van der Waals surface area (Å²) in [5.74, 6) is 0.822. The highest BCUT2D eigenvalue weighted by Crippen LogP contribution is 2.18. The summed E-state index contributed by atoms with van der Waals surface area (Å²) in [5, 5.41) is 3.10. The number of nitrogens with zero attached hydrogens (tertiary/aromatic N) is 4. The van der Waals surface area contributed by atoms with E-state index < -0.39 is 0 Å². The van der Waals surface area contributed by atoms with E-state index in [0.29, 0.717) is 6.04 Å². The van der Waals surface area contributed by atoms with Gasteiger partial charge in [-0.05, 0) is 33.0 Å². The second kappa shape index (κ2) is 6.82. The molecule has 0 saturated carbocycles. The fraction of sp³-hybridized carbons (Fsp3) is 0.714. The van der Waals surface area contributed by atoms with E-state index in [1.165, 1.54) is 19.4 Å². The van der Waals surface area contributed by atoms with Crippen LogP contribution in [0.5, 0.6) is 0 Å². The van der Waals surface area contributed by atoms with Gasteiger partial charge >= 0.3 is 0 Å². The van der Waals surface area contributed by atoms with E-state index >= 15 is 0 Å². The predicted octanol–water partition coefficient (Wildman–Crippen LogP) is 1.12. The second-order valence-corrected chi connectivity index (χ2v) is 5.23. The molecule has 0 radical (unpaired) electrons. The Morgan fingerprint density at radius 1 is 1.42 bits per heavy atom. The van der Waals surface area contributed by atoms with Crippen molar-refractivity contribution in [2.75, 3.05) is 38.6 Å². The van der Waals surface area contributed by atoms with Crippen LogP contribution in [0.4, 0.5) is 5.95 Å². The van der Waals surface area contributed by atoms with Crippen molar-refractivity contribution in [2.45, 2.75) is 32.4 Å². The predicted molar refractivity (Wildman–Crippen MR) is 78.3 cm³/mol. The molecule has 1 atom stereocenters. The lowest BCUT2D eigenvalue weighted by Gasteiger charge is -2.27. The molecule has 1 aliphatic heterocycles. The summed E-state index contributed by atoms with van der Waals surface area (Å²) in [6, 6.07) is 0.649. The Balaban J connectivity index is 1.93. The largest absolute Gasteiger partial charge is 0.342 e. The van der Waals surface area contributed by atoms with Crippen molar-refractivity contribution in [2.24, 2.45) is 0 Å². The molecule has 5 nitrogen and oxygen atoms in total. The van der Waals surface area contributed by atoms with Gasteiger partial charge in [0.15, 0.2) is 0 Å². The molecule has 2 rings (SSSR count). The van der Waals surface area contributed by atoms with Gasteiger partial charge in [-0.25, -0.2) is 9.97 Å². The van der Waals surface area contributed by atoms with Crippen LogP contribution in [-0.2, 0) is 6.54 Å². The molecule has 19 heavy (non-hydrogen) atoms. The number of rotatable bonds is 6. The Hall–Kier alpha value is -1.20. The zero-order valence-corrected chi connectivity index (χ0v) is 12.3. The zero-order valence-electron chi connectivity index (χ0n) is 12.3. The summed E-state index contributed by atoms with van der Waals surface area (Å²) >= 11 is 0. The first-order valence-electron chi connectivity index (χ1n) is 7.15. The summed E-state index contributed by atoms with van der Waals surface area (Å²) in [5.41, 5.74) is 1.12. The third-order valence-electron chi connectivity index (χ3n) is 3.80. The van der Waals surface area contributed by atoms with Gasteiger partial charge in [0.1, 0.15) is 0 Å². The van der Waals surface area contributed by atoms with Gasteiger partial charge in [-0.3, -0.25) is 4.90 Å². The van der Waals surface area contributed by atoms with E-state index in [-0.39, 0.29) is 0 Å². The molecule has 1 aromatic rings. The molecule has 106 valence electrons. The monoisotopic (exact) mass is 263 g/mol. The fourth-order valence-electron chi connectivity index (χ4n) is 2.76. The summed E-state index contributed by atoms with van der Waals surface area (Å²) in [4.78, 5) is 13.6. The zero-order chi connectivity index (χ0) is 13.7. The van der Waals surface area contributed by atoms with Crippen LogP contribution in [0, 0.1) is 0 Å². The molecule has 0 bridgehead atoms. The number of anilines is 1. The number of likely N-dealkylation sites (N-methyl/N-ethyl adjacent to an activating group) is 2. The van der Waals surface area contributed by atoms with Crippen LogP contribution in [0.25, 0.3) is 0 Å². The number of aromatic nitrogens is 2. The number of likely N-dealkylation sites (tertiary alicyclic amines) is 1. The Kier molecular flexibility index (Phi) is 5.10. The molecule has 0 amide bonds. The van der Waals surface area contributed by atoms with Gasteiger partial charge < -0.3 is 10.2 Å². The van der Waals surface area contributed by atoms with Crippen molar-refractivity contribution in [3.05, 3.63) is 18.0 Å². The highest BCUT2D eigenvalue weighted by Gasteiger charge is 2.24. The number of nitrogens with one attached hydrogen (secondary N) is 1. The standard InChI is InChI=1S/C14H25N5/c1-4-19-7-5-6-13(19)11-18(3)14-16-9-12(8-15-2)10-17-14/h9-10,13,15H,4-8,11H2,1-3H3. The SMILES string of the molecule is CCN1CCCC1CN(C)c1ncc(CNC)cn1. The van der Waals surface area contributed by atoms with Crippen molar-refractivity contribution in [1.29, 1.82) is 0 Å². The van der Waals surface area contributed by atoms with Gasteiger partial charge in [-0.15, -0.1) is 0 Å².